The number of amides is 2. The molecule has 1 aromatic carbocycles. The molecule has 0 aliphatic carbocycles. The van der Waals surface area contributed by atoms with E-state index >= 15 is 0 Å². The molecule has 26 heavy (non-hydrogen) atoms. The fourth-order valence-electron chi connectivity index (χ4n) is 4.44. The van der Waals surface area contributed by atoms with E-state index in [1.807, 2.05) is 0 Å². The third-order valence-corrected chi connectivity index (χ3v) is 5.91. The molecule has 0 spiro atoms. The van der Waals surface area contributed by atoms with Crippen LogP contribution in [0.3, 0.4) is 0 Å². The van der Waals surface area contributed by atoms with Gasteiger partial charge in [-0.3, -0.25) is 14.5 Å². The Balaban J connectivity index is 1.32. The third kappa shape index (κ3) is 3.62. The zero-order chi connectivity index (χ0) is 18.1. The number of hydrogen-bond donors (Lipinski definition) is 1. The van der Waals surface area contributed by atoms with Crippen molar-refractivity contribution < 1.29 is 14.7 Å². The van der Waals surface area contributed by atoms with Crippen molar-refractivity contribution in [3.63, 3.8) is 0 Å². The van der Waals surface area contributed by atoms with Crippen LogP contribution in [0.5, 0.6) is 0 Å². The van der Waals surface area contributed by atoms with Crippen LogP contribution in [0.1, 0.15) is 30.4 Å². The maximum atomic E-state index is 12.5. The van der Waals surface area contributed by atoms with Crippen molar-refractivity contribution in [2.75, 3.05) is 39.3 Å². The first-order valence-electron chi connectivity index (χ1n) is 9.59. The lowest BCUT2D eigenvalue weighted by atomic mass is 9.97. The number of benzene rings is 1. The monoisotopic (exact) mass is 357 g/mol. The van der Waals surface area contributed by atoms with Gasteiger partial charge in [0.2, 0.25) is 11.8 Å². The molecule has 0 aromatic heterocycles. The second-order valence-corrected chi connectivity index (χ2v) is 7.94. The lowest BCUT2D eigenvalue weighted by Crippen LogP contribution is -2.48. The van der Waals surface area contributed by atoms with Crippen molar-refractivity contribution in [2.45, 2.75) is 37.8 Å². The molecule has 0 bridgehead atoms. The summed E-state index contributed by atoms with van der Waals surface area (Å²) in [4.78, 5) is 29.9. The number of β-amino-alcohol motifs (C(OH)–C–C–N with tert-alkyl or cyclic N) is 1. The molecule has 3 aliphatic heterocycles. The number of carbonyl (C=O) groups is 2. The van der Waals surface area contributed by atoms with Crippen molar-refractivity contribution in [1.82, 2.24) is 14.7 Å². The van der Waals surface area contributed by atoms with E-state index in [0.717, 1.165) is 25.9 Å². The Hall–Kier alpha value is -1.92. The molecule has 2 saturated heterocycles. The first kappa shape index (κ1) is 17.5. The molecule has 140 valence electrons. The van der Waals surface area contributed by atoms with Gasteiger partial charge in [0.1, 0.15) is 0 Å². The van der Waals surface area contributed by atoms with Crippen LogP contribution in [-0.2, 0) is 22.6 Å². The highest BCUT2D eigenvalue weighted by Gasteiger charge is 2.40. The maximum Gasteiger partial charge on any atom is 0.242 e. The predicted molar refractivity (Wildman–Crippen MR) is 97.4 cm³/mol. The van der Waals surface area contributed by atoms with E-state index < -0.39 is 5.60 Å². The van der Waals surface area contributed by atoms with E-state index in [0.29, 0.717) is 39.0 Å². The summed E-state index contributed by atoms with van der Waals surface area (Å²) < 4.78 is 0. The van der Waals surface area contributed by atoms with E-state index in [2.05, 4.69) is 29.2 Å². The zero-order valence-electron chi connectivity index (χ0n) is 15.2. The fraction of sp³-hybridized carbons (Fsp3) is 0.600. The quantitative estimate of drug-likeness (QED) is 0.859. The molecule has 1 atom stereocenters. The highest BCUT2D eigenvalue weighted by atomic mass is 16.3. The van der Waals surface area contributed by atoms with Gasteiger partial charge in [0.25, 0.3) is 0 Å². The fourth-order valence-corrected chi connectivity index (χ4v) is 4.44. The van der Waals surface area contributed by atoms with E-state index in [4.69, 9.17) is 0 Å². The summed E-state index contributed by atoms with van der Waals surface area (Å²) >= 11 is 0. The molecule has 1 aromatic rings. The molecular formula is C20H27N3O3. The minimum absolute atomic E-state index is 0.0415. The first-order chi connectivity index (χ1) is 12.5. The average Bonchev–Trinajstić information content (AvgIpc) is 3.21. The molecule has 6 nitrogen and oxygen atoms in total. The number of hydrogen-bond acceptors (Lipinski definition) is 4. The Morgan fingerprint density at radius 1 is 1.12 bits per heavy atom. The Kier molecular flexibility index (Phi) is 4.71. The normalized spacial score (nSPS) is 26.4. The Morgan fingerprint density at radius 2 is 1.92 bits per heavy atom. The summed E-state index contributed by atoms with van der Waals surface area (Å²) in [6.45, 7) is 4.16. The van der Waals surface area contributed by atoms with Crippen molar-refractivity contribution >= 4 is 11.8 Å². The van der Waals surface area contributed by atoms with E-state index in [-0.39, 0.29) is 18.4 Å². The van der Waals surface area contributed by atoms with Crippen molar-refractivity contribution in [2.24, 2.45) is 0 Å². The van der Waals surface area contributed by atoms with Gasteiger partial charge in [-0.2, -0.15) is 0 Å². The minimum atomic E-state index is -0.850. The maximum absolute atomic E-state index is 12.5. The summed E-state index contributed by atoms with van der Waals surface area (Å²) in [5, 5.41) is 11.0. The lowest BCUT2D eigenvalue weighted by molar-refractivity contribution is -0.138. The topological polar surface area (TPSA) is 64.1 Å². The van der Waals surface area contributed by atoms with Crippen LogP contribution >= 0.6 is 0 Å². The molecule has 6 heteroatoms. The van der Waals surface area contributed by atoms with Crippen LogP contribution in [-0.4, -0.2) is 76.5 Å². The van der Waals surface area contributed by atoms with Gasteiger partial charge in [0.05, 0.1) is 18.7 Å². The number of carbonyl (C=O) groups excluding carboxylic acids is 2. The highest BCUT2D eigenvalue weighted by Crippen LogP contribution is 2.26. The molecule has 2 amide bonds. The molecule has 4 rings (SSSR count). The number of aliphatic hydroxyl groups is 1. The molecule has 3 aliphatic rings. The van der Waals surface area contributed by atoms with Gasteiger partial charge in [-0.25, -0.2) is 0 Å². The van der Waals surface area contributed by atoms with E-state index in [9.17, 15) is 14.7 Å². The van der Waals surface area contributed by atoms with Crippen LogP contribution in [0, 0.1) is 0 Å². The van der Waals surface area contributed by atoms with E-state index in [1.54, 1.807) is 9.80 Å². The van der Waals surface area contributed by atoms with Gasteiger partial charge in [-0.1, -0.05) is 24.3 Å². The van der Waals surface area contributed by atoms with Gasteiger partial charge < -0.3 is 14.9 Å². The molecule has 3 heterocycles. The SMILES string of the molecule is O=C1CCCN1CC(=O)N1CC[C@@](O)(CN2CCc3ccccc3C2)C1. The summed E-state index contributed by atoms with van der Waals surface area (Å²) in [7, 11) is 0. The van der Waals surface area contributed by atoms with Crippen molar-refractivity contribution in [3.05, 3.63) is 35.4 Å². The molecule has 1 N–H and O–H groups in total. The molecule has 0 saturated carbocycles. The van der Waals surface area contributed by atoms with Crippen LogP contribution in [0.25, 0.3) is 0 Å². The molecular weight excluding hydrogens is 330 g/mol. The largest absolute Gasteiger partial charge is 0.387 e. The van der Waals surface area contributed by atoms with Gasteiger partial charge in [0, 0.05) is 39.1 Å². The van der Waals surface area contributed by atoms with Crippen molar-refractivity contribution in [3.8, 4) is 0 Å². The summed E-state index contributed by atoms with van der Waals surface area (Å²) in [5.74, 6) is 0.0277. The second-order valence-electron chi connectivity index (χ2n) is 7.94. The summed E-state index contributed by atoms with van der Waals surface area (Å²) in [6.07, 6.45) is 3.00. The molecule has 0 unspecified atom stereocenters. The minimum Gasteiger partial charge on any atom is -0.387 e. The standard InChI is InChI=1S/C20H27N3O3/c24-18-6-3-9-22(18)13-19(25)23-11-8-20(26,15-23)14-21-10-7-16-4-1-2-5-17(16)12-21/h1-2,4-5,26H,3,6-15H2/t20-/m1/s1. The van der Waals surface area contributed by atoms with Gasteiger partial charge in [-0.15, -0.1) is 0 Å². The van der Waals surface area contributed by atoms with Crippen LogP contribution in [0.4, 0.5) is 0 Å². The third-order valence-electron chi connectivity index (χ3n) is 5.91. The second kappa shape index (κ2) is 7.00. The predicted octanol–water partition coefficient (Wildman–Crippen LogP) is 0.631. The zero-order valence-corrected chi connectivity index (χ0v) is 15.2. The molecule has 0 radical (unpaired) electrons. The number of nitrogens with zero attached hydrogens (tertiary/aromatic N) is 3. The number of likely N-dealkylation sites (tertiary alicyclic amines) is 2. The van der Waals surface area contributed by atoms with Crippen LogP contribution in [0.2, 0.25) is 0 Å². The Labute approximate surface area is 154 Å². The first-order valence-corrected chi connectivity index (χ1v) is 9.59. The van der Waals surface area contributed by atoms with Crippen LogP contribution < -0.4 is 0 Å². The highest BCUT2D eigenvalue weighted by molar-refractivity contribution is 5.86. The molecule has 2 fully saturated rings. The summed E-state index contributed by atoms with van der Waals surface area (Å²) in [6, 6.07) is 8.47. The van der Waals surface area contributed by atoms with Gasteiger partial charge in [0.15, 0.2) is 0 Å². The van der Waals surface area contributed by atoms with Crippen molar-refractivity contribution in [1.29, 1.82) is 0 Å². The summed E-state index contributed by atoms with van der Waals surface area (Å²) in [5.41, 5.74) is 1.88. The van der Waals surface area contributed by atoms with Crippen LogP contribution in [0.15, 0.2) is 24.3 Å². The number of fused-ring (bicyclic) bond motifs is 1. The van der Waals surface area contributed by atoms with Gasteiger partial charge >= 0.3 is 0 Å². The number of rotatable bonds is 4. The van der Waals surface area contributed by atoms with E-state index in [1.165, 1.54) is 11.1 Å². The average molecular weight is 357 g/mol. The Morgan fingerprint density at radius 3 is 2.69 bits per heavy atom. The Bertz CT molecular complexity index is 707. The van der Waals surface area contributed by atoms with Gasteiger partial charge in [-0.05, 0) is 30.4 Å². The smallest absolute Gasteiger partial charge is 0.242 e. The lowest BCUT2D eigenvalue weighted by Gasteiger charge is -2.34.